The van der Waals surface area contributed by atoms with Crippen LogP contribution < -0.4 is 16.8 Å². The summed E-state index contributed by atoms with van der Waals surface area (Å²) in [6, 6.07) is 5.57. The van der Waals surface area contributed by atoms with Crippen LogP contribution in [0.2, 0.25) is 0 Å². The molecule has 0 heterocycles. The normalized spacial score (nSPS) is 26.9. The number of hydrogen-bond donors (Lipinski definition) is 3. The molecule has 1 fully saturated rings. The summed E-state index contributed by atoms with van der Waals surface area (Å²) in [5.41, 5.74) is 13.2. The minimum Gasteiger partial charge on any atom is -0.397 e. The molecule has 0 bridgehead atoms. The number of hydrogen-bond acceptors (Lipinski definition) is 3. The molecule has 104 valence electrons. The molecule has 1 aliphatic rings. The zero-order valence-corrected chi connectivity index (χ0v) is 11.6. The molecule has 1 amide bonds. The van der Waals surface area contributed by atoms with E-state index in [4.69, 9.17) is 11.5 Å². The van der Waals surface area contributed by atoms with Gasteiger partial charge in [0.2, 0.25) is 5.91 Å². The van der Waals surface area contributed by atoms with E-state index >= 15 is 0 Å². The average Bonchev–Trinajstić information content (AvgIpc) is 2.34. The van der Waals surface area contributed by atoms with Crippen LogP contribution in [0.5, 0.6) is 0 Å². The number of benzene rings is 1. The molecule has 0 aromatic heterocycles. The standard InChI is InChI=1S/C15H23N3O/c1-9-3-6-13(10(2)7-9)18-14-8-11(15(17)19)4-5-12(14)16/h4-5,8-10,13,18H,3,6-7,16H2,1-2H3,(H2,17,19). The van der Waals surface area contributed by atoms with E-state index in [0.29, 0.717) is 23.2 Å². The van der Waals surface area contributed by atoms with Gasteiger partial charge in [0.05, 0.1) is 11.4 Å². The Bertz CT molecular complexity index is 472. The van der Waals surface area contributed by atoms with Gasteiger partial charge in [-0.05, 0) is 49.3 Å². The third kappa shape index (κ3) is 3.19. The van der Waals surface area contributed by atoms with Crippen molar-refractivity contribution in [2.75, 3.05) is 11.1 Å². The Labute approximate surface area is 114 Å². The lowest BCUT2D eigenvalue weighted by Gasteiger charge is -2.34. The number of carbonyl (C=O) groups excluding carboxylic acids is 1. The highest BCUT2D eigenvalue weighted by Gasteiger charge is 2.25. The Balaban J connectivity index is 2.14. The Kier molecular flexibility index (Phi) is 3.98. The number of carbonyl (C=O) groups is 1. The second kappa shape index (κ2) is 5.51. The lowest BCUT2D eigenvalue weighted by atomic mass is 9.80. The zero-order valence-electron chi connectivity index (χ0n) is 11.6. The van der Waals surface area contributed by atoms with Crippen molar-refractivity contribution in [2.45, 2.75) is 39.2 Å². The van der Waals surface area contributed by atoms with Gasteiger partial charge in [-0.1, -0.05) is 13.8 Å². The summed E-state index contributed by atoms with van der Waals surface area (Å²) in [6.45, 7) is 4.57. The van der Waals surface area contributed by atoms with E-state index in [1.54, 1.807) is 18.2 Å². The van der Waals surface area contributed by atoms with Crippen LogP contribution in [0.1, 0.15) is 43.5 Å². The molecule has 3 unspecified atom stereocenters. The maximum absolute atomic E-state index is 11.2. The van der Waals surface area contributed by atoms with E-state index in [9.17, 15) is 4.79 Å². The highest BCUT2D eigenvalue weighted by Crippen LogP contribution is 2.32. The van der Waals surface area contributed by atoms with Gasteiger partial charge in [0.15, 0.2) is 0 Å². The Morgan fingerprint density at radius 2 is 2.05 bits per heavy atom. The lowest BCUT2D eigenvalue weighted by molar-refractivity contribution is 0.100. The Morgan fingerprint density at radius 1 is 1.32 bits per heavy atom. The van der Waals surface area contributed by atoms with Crippen molar-refractivity contribution in [2.24, 2.45) is 17.6 Å². The third-order valence-electron chi connectivity index (χ3n) is 4.11. The maximum atomic E-state index is 11.2. The monoisotopic (exact) mass is 261 g/mol. The predicted molar refractivity (Wildman–Crippen MR) is 79.0 cm³/mol. The van der Waals surface area contributed by atoms with E-state index < -0.39 is 5.91 Å². The SMILES string of the molecule is CC1CCC(Nc2cc(C(N)=O)ccc2N)C(C)C1. The molecule has 0 spiro atoms. The van der Waals surface area contributed by atoms with Gasteiger partial charge in [-0.25, -0.2) is 0 Å². The fourth-order valence-electron chi connectivity index (χ4n) is 2.91. The fraction of sp³-hybridized carbons (Fsp3) is 0.533. The maximum Gasteiger partial charge on any atom is 0.248 e. The molecule has 1 aromatic rings. The predicted octanol–water partition coefficient (Wildman–Crippen LogP) is 2.60. The first-order valence-electron chi connectivity index (χ1n) is 6.93. The van der Waals surface area contributed by atoms with Gasteiger partial charge in [0, 0.05) is 11.6 Å². The summed E-state index contributed by atoms with van der Waals surface area (Å²) in [5.74, 6) is 0.982. The minimum atomic E-state index is -0.423. The zero-order chi connectivity index (χ0) is 14.0. The molecule has 3 atom stereocenters. The molecular weight excluding hydrogens is 238 g/mol. The second-order valence-corrected chi connectivity index (χ2v) is 5.81. The van der Waals surface area contributed by atoms with Gasteiger partial charge in [-0.3, -0.25) is 4.79 Å². The number of primary amides is 1. The van der Waals surface area contributed by atoms with Gasteiger partial charge in [0.1, 0.15) is 0 Å². The van der Waals surface area contributed by atoms with Gasteiger partial charge < -0.3 is 16.8 Å². The van der Waals surface area contributed by atoms with E-state index in [2.05, 4.69) is 19.2 Å². The summed E-state index contributed by atoms with van der Waals surface area (Å²) in [7, 11) is 0. The van der Waals surface area contributed by atoms with Crippen LogP contribution in [0.3, 0.4) is 0 Å². The van der Waals surface area contributed by atoms with Crippen LogP contribution >= 0.6 is 0 Å². The summed E-state index contributed by atoms with van der Waals surface area (Å²) in [5, 5.41) is 3.48. The average molecular weight is 261 g/mol. The Morgan fingerprint density at radius 3 is 2.68 bits per heavy atom. The third-order valence-corrected chi connectivity index (χ3v) is 4.11. The van der Waals surface area contributed by atoms with Crippen molar-refractivity contribution < 1.29 is 4.79 Å². The molecule has 0 saturated heterocycles. The van der Waals surface area contributed by atoms with Crippen molar-refractivity contribution in [3.63, 3.8) is 0 Å². The summed E-state index contributed by atoms with van der Waals surface area (Å²) < 4.78 is 0. The smallest absolute Gasteiger partial charge is 0.248 e. The summed E-state index contributed by atoms with van der Waals surface area (Å²) in [6.07, 6.45) is 3.60. The first kappa shape index (κ1) is 13.7. The molecule has 1 aromatic carbocycles. The highest BCUT2D eigenvalue weighted by atomic mass is 16.1. The highest BCUT2D eigenvalue weighted by molar-refractivity contribution is 5.94. The quantitative estimate of drug-likeness (QED) is 0.731. The molecule has 2 rings (SSSR count). The van der Waals surface area contributed by atoms with Crippen LogP contribution in [0, 0.1) is 11.8 Å². The van der Waals surface area contributed by atoms with Crippen LogP contribution in [-0.4, -0.2) is 11.9 Å². The van der Waals surface area contributed by atoms with Crippen molar-refractivity contribution in [3.8, 4) is 0 Å². The first-order valence-corrected chi connectivity index (χ1v) is 6.93. The van der Waals surface area contributed by atoms with E-state index in [1.165, 1.54) is 12.8 Å². The van der Waals surface area contributed by atoms with E-state index in [1.807, 2.05) is 0 Å². The first-order chi connectivity index (χ1) is 8.97. The molecule has 4 heteroatoms. The number of nitrogens with two attached hydrogens (primary N) is 2. The molecule has 0 radical (unpaired) electrons. The largest absolute Gasteiger partial charge is 0.397 e. The molecule has 1 aliphatic carbocycles. The van der Waals surface area contributed by atoms with Crippen LogP contribution in [0.4, 0.5) is 11.4 Å². The Hall–Kier alpha value is -1.71. The minimum absolute atomic E-state index is 0.418. The topological polar surface area (TPSA) is 81.1 Å². The summed E-state index contributed by atoms with van der Waals surface area (Å²) in [4.78, 5) is 11.2. The second-order valence-electron chi connectivity index (χ2n) is 5.81. The molecule has 0 aliphatic heterocycles. The van der Waals surface area contributed by atoms with E-state index in [-0.39, 0.29) is 0 Å². The lowest BCUT2D eigenvalue weighted by Crippen LogP contribution is -2.33. The van der Waals surface area contributed by atoms with Crippen molar-refractivity contribution >= 4 is 17.3 Å². The van der Waals surface area contributed by atoms with Gasteiger partial charge in [-0.2, -0.15) is 0 Å². The van der Waals surface area contributed by atoms with Crippen molar-refractivity contribution in [1.29, 1.82) is 0 Å². The molecule has 4 nitrogen and oxygen atoms in total. The van der Waals surface area contributed by atoms with Crippen LogP contribution in [0.25, 0.3) is 0 Å². The van der Waals surface area contributed by atoms with Crippen LogP contribution in [0.15, 0.2) is 18.2 Å². The number of rotatable bonds is 3. The molecule has 19 heavy (non-hydrogen) atoms. The van der Waals surface area contributed by atoms with Gasteiger partial charge in [0.25, 0.3) is 0 Å². The number of nitrogen functional groups attached to an aromatic ring is 1. The van der Waals surface area contributed by atoms with Crippen LogP contribution in [-0.2, 0) is 0 Å². The van der Waals surface area contributed by atoms with Gasteiger partial charge >= 0.3 is 0 Å². The number of amides is 1. The fourth-order valence-corrected chi connectivity index (χ4v) is 2.91. The number of nitrogens with one attached hydrogen (secondary N) is 1. The molecule has 1 saturated carbocycles. The number of anilines is 2. The molecular formula is C15H23N3O. The van der Waals surface area contributed by atoms with Crippen molar-refractivity contribution in [1.82, 2.24) is 0 Å². The molecule has 5 N–H and O–H groups in total. The van der Waals surface area contributed by atoms with Crippen molar-refractivity contribution in [3.05, 3.63) is 23.8 Å². The summed E-state index contributed by atoms with van der Waals surface area (Å²) >= 11 is 0. The van der Waals surface area contributed by atoms with Gasteiger partial charge in [-0.15, -0.1) is 0 Å². The van der Waals surface area contributed by atoms with E-state index in [0.717, 1.165) is 18.0 Å².